The SMILES string of the molecule is O=C(CCCc1ccc2ccc3cccc4ccc1c2c34)N[C@@H](CO)C(=O)Nn1cnnc1. The molecule has 8 heteroatoms. The van der Waals surface area contributed by atoms with Gasteiger partial charge in [0.1, 0.15) is 18.7 Å². The molecule has 0 unspecified atom stereocenters. The second-order valence-electron chi connectivity index (χ2n) is 8.08. The van der Waals surface area contributed by atoms with E-state index in [1.54, 1.807) is 0 Å². The molecule has 3 N–H and O–H groups in total. The summed E-state index contributed by atoms with van der Waals surface area (Å²) in [4.78, 5) is 24.6. The van der Waals surface area contributed by atoms with Gasteiger partial charge in [-0.15, -0.1) is 10.2 Å². The smallest absolute Gasteiger partial charge is 0.263 e. The van der Waals surface area contributed by atoms with Crippen molar-refractivity contribution >= 4 is 44.1 Å². The average Bonchev–Trinajstić information content (AvgIpc) is 3.34. The van der Waals surface area contributed by atoms with E-state index in [4.69, 9.17) is 0 Å². The van der Waals surface area contributed by atoms with Gasteiger partial charge in [0.25, 0.3) is 5.91 Å². The molecule has 0 spiro atoms. The molecule has 5 aromatic rings. The van der Waals surface area contributed by atoms with Gasteiger partial charge >= 0.3 is 0 Å². The van der Waals surface area contributed by atoms with Crippen LogP contribution in [0, 0.1) is 0 Å². The monoisotopic (exact) mass is 441 g/mol. The minimum absolute atomic E-state index is 0.248. The molecule has 2 amide bonds. The van der Waals surface area contributed by atoms with Crippen molar-refractivity contribution in [3.05, 3.63) is 72.8 Å². The summed E-state index contributed by atoms with van der Waals surface area (Å²) in [5, 5.41) is 26.7. The lowest BCUT2D eigenvalue weighted by atomic mass is 9.90. The number of nitrogens with zero attached hydrogens (tertiary/aromatic N) is 3. The van der Waals surface area contributed by atoms with Gasteiger partial charge in [0.2, 0.25) is 5.91 Å². The van der Waals surface area contributed by atoms with Crippen molar-refractivity contribution < 1.29 is 14.7 Å². The molecule has 0 aliphatic rings. The van der Waals surface area contributed by atoms with E-state index < -0.39 is 18.6 Å². The molecular weight excluding hydrogens is 418 g/mol. The molecule has 0 bridgehead atoms. The van der Waals surface area contributed by atoms with Gasteiger partial charge in [-0.2, -0.15) is 0 Å². The van der Waals surface area contributed by atoms with E-state index in [1.165, 1.54) is 55.2 Å². The minimum Gasteiger partial charge on any atom is -0.394 e. The van der Waals surface area contributed by atoms with Crippen molar-refractivity contribution in [1.82, 2.24) is 20.2 Å². The highest BCUT2D eigenvalue weighted by Gasteiger charge is 2.20. The van der Waals surface area contributed by atoms with Gasteiger partial charge in [-0.3, -0.25) is 15.0 Å². The molecule has 1 atom stereocenters. The molecule has 0 radical (unpaired) electrons. The van der Waals surface area contributed by atoms with Crippen LogP contribution in [0.5, 0.6) is 0 Å². The molecule has 8 nitrogen and oxygen atoms in total. The van der Waals surface area contributed by atoms with Crippen molar-refractivity contribution in [2.24, 2.45) is 0 Å². The number of carbonyl (C=O) groups excluding carboxylic acids is 2. The number of amides is 2. The van der Waals surface area contributed by atoms with Crippen molar-refractivity contribution in [2.45, 2.75) is 25.3 Å². The summed E-state index contributed by atoms with van der Waals surface area (Å²) in [6.07, 6.45) is 4.23. The van der Waals surface area contributed by atoms with Gasteiger partial charge in [0.05, 0.1) is 6.61 Å². The third-order valence-electron chi connectivity index (χ3n) is 5.96. The second-order valence-corrected chi connectivity index (χ2v) is 8.08. The third-order valence-corrected chi connectivity index (χ3v) is 5.96. The summed E-state index contributed by atoms with van der Waals surface area (Å²) in [7, 11) is 0. The third kappa shape index (κ3) is 4.08. The van der Waals surface area contributed by atoms with Crippen molar-refractivity contribution in [1.29, 1.82) is 0 Å². The first kappa shape index (κ1) is 20.8. The molecule has 4 aromatic carbocycles. The number of carbonyl (C=O) groups is 2. The Bertz CT molecular complexity index is 1420. The Balaban J connectivity index is 1.26. The lowest BCUT2D eigenvalue weighted by Crippen LogP contribution is -2.47. The van der Waals surface area contributed by atoms with Crippen molar-refractivity contribution in [3.8, 4) is 0 Å². The van der Waals surface area contributed by atoms with Crippen LogP contribution >= 0.6 is 0 Å². The van der Waals surface area contributed by atoms with E-state index in [9.17, 15) is 14.7 Å². The number of benzene rings is 4. The number of aliphatic hydroxyl groups excluding tert-OH is 1. The zero-order valence-corrected chi connectivity index (χ0v) is 17.9. The summed E-state index contributed by atoms with van der Waals surface area (Å²) in [6, 6.07) is 18.2. The standard InChI is InChI=1S/C25H23N5O3/c31-13-21(25(33)29-30-14-26-27-15-30)28-22(32)6-2-3-16-7-8-19-10-9-17-4-1-5-18-11-12-20(16)24(19)23(17)18/h1,4-5,7-12,14-15,21,31H,2-3,6,13H2,(H,28,32)(H,29,33)/t21-/m0/s1. The maximum atomic E-state index is 12.4. The van der Waals surface area contributed by atoms with Crippen LogP contribution in [0.2, 0.25) is 0 Å². The molecule has 5 rings (SSSR count). The molecule has 0 aliphatic heterocycles. The summed E-state index contributed by atoms with van der Waals surface area (Å²) in [6.45, 7) is -0.505. The number of aryl methyl sites for hydroxylation is 1. The first-order chi connectivity index (χ1) is 16.1. The maximum Gasteiger partial charge on any atom is 0.263 e. The maximum absolute atomic E-state index is 12.4. The van der Waals surface area contributed by atoms with Crippen LogP contribution in [0.3, 0.4) is 0 Å². The number of hydrogen-bond donors (Lipinski definition) is 3. The highest BCUT2D eigenvalue weighted by atomic mass is 16.3. The highest BCUT2D eigenvalue weighted by Crippen LogP contribution is 2.36. The Morgan fingerprint density at radius 1 is 0.909 bits per heavy atom. The van der Waals surface area contributed by atoms with Crippen molar-refractivity contribution in [2.75, 3.05) is 12.0 Å². The fourth-order valence-corrected chi connectivity index (χ4v) is 4.38. The van der Waals surface area contributed by atoms with Gasteiger partial charge in [0.15, 0.2) is 0 Å². The summed E-state index contributed by atoms with van der Waals surface area (Å²) >= 11 is 0. The van der Waals surface area contributed by atoms with Gasteiger partial charge in [-0.1, -0.05) is 54.6 Å². The molecule has 1 aromatic heterocycles. The van der Waals surface area contributed by atoms with E-state index in [1.807, 2.05) is 0 Å². The normalized spacial score (nSPS) is 12.4. The second kappa shape index (κ2) is 8.84. The Labute approximate surface area is 189 Å². The Hall–Kier alpha value is -4.04. The van der Waals surface area contributed by atoms with E-state index >= 15 is 0 Å². The van der Waals surface area contributed by atoms with Crippen LogP contribution in [0.4, 0.5) is 0 Å². The minimum atomic E-state index is -1.05. The molecule has 1 heterocycles. The Morgan fingerprint density at radius 3 is 2.30 bits per heavy atom. The lowest BCUT2D eigenvalue weighted by molar-refractivity contribution is -0.127. The fraction of sp³-hybridized carbons (Fsp3) is 0.200. The van der Waals surface area contributed by atoms with Crippen LogP contribution in [-0.4, -0.2) is 44.4 Å². The van der Waals surface area contributed by atoms with Crippen LogP contribution in [-0.2, 0) is 16.0 Å². The van der Waals surface area contributed by atoms with E-state index in [0.717, 1.165) is 6.42 Å². The predicted molar refractivity (Wildman–Crippen MR) is 126 cm³/mol. The number of nitrogens with one attached hydrogen (secondary N) is 2. The van der Waals surface area contributed by atoms with E-state index in [0.29, 0.717) is 6.42 Å². The largest absolute Gasteiger partial charge is 0.394 e. The average molecular weight is 441 g/mol. The quantitative estimate of drug-likeness (QED) is 0.321. The predicted octanol–water partition coefficient (Wildman–Crippen LogP) is 2.75. The van der Waals surface area contributed by atoms with E-state index in [2.05, 4.69) is 75.5 Å². The number of aliphatic hydroxyl groups is 1. The first-order valence-electron chi connectivity index (χ1n) is 10.8. The molecule has 166 valence electrons. The number of rotatable bonds is 8. The van der Waals surface area contributed by atoms with Crippen molar-refractivity contribution in [3.63, 3.8) is 0 Å². The molecule has 0 saturated heterocycles. The summed E-state index contributed by atoms with van der Waals surface area (Å²) in [5.41, 5.74) is 3.67. The van der Waals surface area contributed by atoms with E-state index in [-0.39, 0.29) is 12.3 Å². The molecule has 0 fully saturated rings. The molecule has 0 saturated carbocycles. The molecule has 0 aliphatic carbocycles. The Kier molecular flexibility index (Phi) is 5.58. The zero-order chi connectivity index (χ0) is 22.8. The molecule has 33 heavy (non-hydrogen) atoms. The van der Waals surface area contributed by atoms with Crippen LogP contribution < -0.4 is 10.7 Å². The molecular formula is C25H23N5O3. The van der Waals surface area contributed by atoms with Crippen LogP contribution in [0.25, 0.3) is 32.3 Å². The Morgan fingerprint density at radius 2 is 1.58 bits per heavy atom. The van der Waals surface area contributed by atoms with Gasteiger partial charge < -0.3 is 10.4 Å². The summed E-state index contributed by atoms with van der Waals surface area (Å²) in [5.74, 6) is -0.830. The lowest BCUT2D eigenvalue weighted by Gasteiger charge is -2.16. The fourth-order valence-electron chi connectivity index (χ4n) is 4.38. The number of aromatic nitrogens is 3. The van der Waals surface area contributed by atoms with Crippen LogP contribution in [0.1, 0.15) is 18.4 Å². The number of hydrogen-bond acceptors (Lipinski definition) is 5. The van der Waals surface area contributed by atoms with Gasteiger partial charge in [0, 0.05) is 6.42 Å². The topological polar surface area (TPSA) is 109 Å². The van der Waals surface area contributed by atoms with Crippen LogP contribution in [0.15, 0.2) is 67.3 Å². The first-order valence-corrected chi connectivity index (χ1v) is 10.8. The van der Waals surface area contributed by atoms with Gasteiger partial charge in [-0.25, -0.2) is 4.68 Å². The zero-order valence-electron chi connectivity index (χ0n) is 17.9. The van der Waals surface area contributed by atoms with Gasteiger partial charge in [-0.05, 0) is 50.7 Å². The highest BCUT2D eigenvalue weighted by molar-refractivity contribution is 6.23. The summed E-state index contributed by atoms with van der Waals surface area (Å²) < 4.78 is 1.26.